The molecule has 1 heterocycles. The Morgan fingerprint density at radius 2 is 2.10 bits per heavy atom. The van der Waals surface area contributed by atoms with Crippen molar-refractivity contribution in [2.45, 2.75) is 13.8 Å². The Morgan fingerprint density at radius 3 is 2.67 bits per heavy atom. The molecule has 0 radical (unpaired) electrons. The van der Waals surface area contributed by atoms with Crippen LogP contribution in [-0.2, 0) is 4.79 Å². The van der Waals surface area contributed by atoms with Crippen LogP contribution in [0.4, 0.5) is 5.00 Å². The molecule has 1 aromatic heterocycles. The third-order valence-corrected chi connectivity index (χ3v) is 4.26. The number of carbonyl (C=O) groups is 1. The van der Waals surface area contributed by atoms with E-state index in [1.54, 1.807) is 4.90 Å². The molecule has 0 saturated carbocycles. The number of benzene rings is 1. The van der Waals surface area contributed by atoms with Gasteiger partial charge in [-0.2, -0.15) is 4.37 Å². The van der Waals surface area contributed by atoms with Gasteiger partial charge in [0.1, 0.15) is 5.00 Å². The second-order valence-electron chi connectivity index (χ2n) is 4.84. The number of anilines is 1. The summed E-state index contributed by atoms with van der Waals surface area (Å²) < 4.78 is 5.44. The summed E-state index contributed by atoms with van der Waals surface area (Å²) in [7, 11) is 0. The Labute approximate surface area is 137 Å². The van der Waals surface area contributed by atoms with Crippen LogP contribution in [0, 0.1) is 18.3 Å². The van der Waals surface area contributed by atoms with Crippen molar-refractivity contribution in [3.63, 3.8) is 0 Å². The first kappa shape index (κ1) is 15.7. The van der Waals surface area contributed by atoms with E-state index in [1.165, 1.54) is 11.5 Å². The molecule has 0 saturated heterocycles. The summed E-state index contributed by atoms with van der Waals surface area (Å²) in [5, 5.41) is 0.782. The van der Waals surface area contributed by atoms with Crippen molar-refractivity contribution in [1.29, 1.82) is 0 Å². The fourth-order valence-electron chi connectivity index (χ4n) is 1.82. The van der Waals surface area contributed by atoms with Gasteiger partial charge in [-0.1, -0.05) is 47.8 Å². The van der Waals surface area contributed by atoms with Crippen LogP contribution in [0.1, 0.15) is 13.8 Å². The minimum Gasteiger partial charge on any atom is -0.290 e. The predicted molar refractivity (Wildman–Crippen MR) is 91.3 cm³/mol. The van der Waals surface area contributed by atoms with E-state index in [4.69, 9.17) is 6.42 Å². The molecule has 0 spiro atoms. The van der Waals surface area contributed by atoms with Crippen LogP contribution in [0.5, 0.6) is 0 Å². The van der Waals surface area contributed by atoms with Gasteiger partial charge in [-0.25, -0.2) is 0 Å². The van der Waals surface area contributed by atoms with Crippen molar-refractivity contribution in [3.8, 4) is 23.6 Å². The topological polar surface area (TPSA) is 33.2 Å². The lowest BCUT2D eigenvalue weighted by molar-refractivity contribution is -0.121. The van der Waals surface area contributed by atoms with Crippen molar-refractivity contribution in [1.82, 2.24) is 4.37 Å². The van der Waals surface area contributed by atoms with Gasteiger partial charge in [0.05, 0.1) is 12.2 Å². The first-order valence-electron chi connectivity index (χ1n) is 6.50. The smallest absolute Gasteiger partial charge is 0.231 e. The maximum Gasteiger partial charge on any atom is 0.231 e. The summed E-state index contributed by atoms with van der Waals surface area (Å²) in [5.41, 5.74) is 1.86. The molecular weight excluding hydrogens is 348 g/mol. The maximum atomic E-state index is 12.2. The molecule has 1 aromatic carbocycles. The first-order chi connectivity index (χ1) is 10.0. The number of hydrogen-bond donors (Lipinski definition) is 0. The predicted octanol–water partition coefficient (Wildman–Crippen LogP) is 4.19. The van der Waals surface area contributed by atoms with Crippen molar-refractivity contribution >= 4 is 38.4 Å². The van der Waals surface area contributed by atoms with Crippen LogP contribution in [0.2, 0.25) is 0 Å². The number of amides is 1. The highest BCUT2D eigenvalue weighted by Crippen LogP contribution is 2.29. The molecule has 0 aliphatic carbocycles. The van der Waals surface area contributed by atoms with Crippen LogP contribution in [0.25, 0.3) is 11.3 Å². The average Bonchev–Trinajstić information content (AvgIpc) is 2.94. The summed E-state index contributed by atoms with van der Waals surface area (Å²) in [4.78, 5) is 13.8. The molecule has 2 rings (SSSR count). The van der Waals surface area contributed by atoms with E-state index in [1.807, 2.05) is 44.2 Å². The number of carbonyl (C=O) groups excluding carboxylic acids is 1. The van der Waals surface area contributed by atoms with Gasteiger partial charge < -0.3 is 0 Å². The van der Waals surface area contributed by atoms with Gasteiger partial charge in [0.25, 0.3) is 0 Å². The third kappa shape index (κ3) is 3.72. The number of nitrogens with zero attached hydrogens (tertiary/aromatic N) is 2. The van der Waals surface area contributed by atoms with Crippen molar-refractivity contribution in [3.05, 3.63) is 34.8 Å². The summed E-state index contributed by atoms with van der Waals surface area (Å²) in [6.07, 6.45) is 5.37. The summed E-state index contributed by atoms with van der Waals surface area (Å²) in [6, 6.07) is 9.81. The van der Waals surface area contributed by atoms with Gasteiger partial charge >= 0.3 is 0 Å². The lowest BCUT2D eigenvalue weighted by Crippen LogP contribution is -2.33. The minimum absolute atomic E-state index is 0.0129. The van der Waals surface area contributed by atoms with Gasteiger partial charge in [-0.05, 0) is 23.7 Å². The molecule has 1 amide bonds. The van der Waals surface area contributed by atoms with Gasteiger partial charge in [-0.15, -0.1) is 6.42 Å². The SMILES string of the molecule is C#CCN(C(=O)C(C)C)c1cc(-c2ccc(Br)cc2)ns1. The van der Waals surface area contributed by atoms with Gasteiger partial charge in [0.15, 0.2) is 0 Å². The Hall–Kier alpha value is -1.64. The fourth-order valence-corrected chi connectivity index (χ4v) is 2.85. The highest BCUT2D eigenvalue weighted by molar-refractivity contribution is 9.10. The summed E-state index contributed by atoms with van der Waals surface area (Å²) in [5.74, 6) is 2.45. The highest BCUT2D eigenvalue weighted by Gasteiger charge is 2.20. The zero-order valence-corrected chi connectivity index (χ0v) is 14.2. The zero-order valence-electron chi connectivity index (χ0n) is 11.8. The third-order valence-electron chi connectivity index (χ3n) is 2.91. The zero-order chi connectivity index (χ0) is 15.4. The van der Waals surface area contributed by atoms with Gasteiger partial charge in [0, 0.05) is 22.0 Å². The molecule has 0 aliphatic heterocycles. The first-order valence-corrected chi connectivity index (χ1v) is 8.07. The Bertz CT molecular complexity index is 670. The van der Waals surface area contributed by atoms with E-state index in [-0.39, 0.29) is 18.4 Å². The molecule has 0 aliphatic rings. The lowest BCUT2D eigenvalue weighted by atomic mass is 10.1. The van der Waals surface area contributed by atoms with E-state index in [0.29, 0.717) is 0 Å². The second kappa shape index (κ2) is 6.88. The molecule has 3 nitrogen and oxygen atoms in total. The van der Waals surface area contributed by atoms with E-state index in [9.17, 15) is 4.79 Å². The van der Waals surface area contributed by atoms with Crippen molar-refractivity contribution < 1.29 is 4.79 Å². The van der Waals surface area contributed by atoms with E-state index >= 15 is 0 Å². The van der Waals surface area contributed by atoms with Crippen LogP contribution < -0.4 is 4.90 Å². The molecular formula is C16H15BrN2OS. The normalized spacial score (nSPS) is 10.4. The van der Waals surface area contributed by atoms with Gasteiger partial charge in [0.2, 0.25) is 5.91 Å². The van der Waals surface area contributed by atoms with Crippen LogP contribution in [0.15, 0.2) is 34.8 Å². The Morgan fingerprint density at radius 1 is 1.43 bits per heavy atom. The molecule has 0 atom stereocenters. The van der Waals surface area contributed by atoms with Crippen molar-refractivity contribution in [2.75, 3.05) is 11.4 Å². The van der Waals surface area contributed by atoms with E-state index in [2.05, 4.69) is 26.2 Å². The molecule has 5 heteroatoms. The maximum absolute atomic E-state index is 12.2. The molecule has 0 fully saturated rings. The molecule has 108 valence electrons. The van der Waals surface area contributed by atoms with Gasteiger partial charge in [-0.3, -0.25) is 9.69 Å². The lowest BCUT2D eigenvalue weighted by Gasteiger charge is -2.19. The van der Waals surface area contributed by atoms with Crippen LogP contribution >= 0.6 is 27.5 Å². The van der Waals surface area contributed by atoms with E-state index in [0.717, 1.165) is 20.7 Å². The molecule has 0 N–H and O–H groups in total. The molecule has 0 bridgehead atoms. The fraction of sp³-hybridized carbons (Fsp3) is 0.250. The number of terminal acetylenes is 1. The van der Waals surface area contributed by atoms with Crippen LogP contribution in [0.3, 0.4) is 0 Å². The Kier molecular flexibility index (Phi) is 5.16. The number of aromatic nitrogens is 1. The molecule has 0 unspecified atom stereocenters. The van der Waals surface area contributed by atoms with E-state index < -0.39 is 0 Å². The van der Waals surface area contributed by atoms with Crippen molar-refractivity contribution in [2.24, 2.45) is 5.92 Å². The average molecular weight is 363 g/mol. The largest absolute Gasteiger partial charge is 0.290 e. The minimum atomic E-state index is -0.100. The van der Waals surface area contributed by atoms with Crippen LogP contribution in [-0.4, -0.2) is 16.8 Å². The monoisotopic (exact) mass is 362 g/mol. The standard InChI is InChI=1S/C16H15BrN2OS/c1-4-9-19(16(20)11(2)3)15-10-14(18-21-15)12-5-7-13(17)8-6-12/h1,5-8,10-11H,9H2,2-3H3. The number of halogens is 1. The number of hydrogen-bond acceptors (Lipinski definition) is 3. The highest BCUT2D eigenvalue weighted by atomic mass is 79.9. The molecule has 2 aromatic rings. The summed E-state index contributed by atoms with van der Waals surface area (Å²) >= 11 is 4.70. The molecule has 21 heavy (non-hydrogen) atoms. The summed E-state index contributed by atoms with van der Waals surface area (Å²) in [6.45, 7) is 3.99. The number of rotatable bonds is 4. The second-order valence-corrected chi connectivity index (χ2v) is 6.54. The Balaban J connectivity index is 2.30. The quantitative estimate of drug-likeness (QED) is 0.763.